The normalized spacial score (nSPS) is 13.4. The number of rotatable bonds is 4. The molecule has 1 atom stereocenters. The summed E-state index contributed by atoms with van der Waals surface area (Å²) in [6, 6.07) is 3.36. The van der Waals surface area contributed by atoms with Crippen molar-refractivity contribution in [2.24, 2.45) is 0 Å². The lowest BCUT2D eigenvalue weighted by Crippen LogP contribution is -2.26. The van der Waals surface area contributed by atoms with Gasteiger partial charge in [0.15, 0.2) is 0 Å². The van der Waals surface area contributed by atoms with Crippen LogP contribution in [0.15, 0.2) is 29.3 Å². The van der Waals surface area contributed by atoms with Crippen molar-refractivity contribution < 1.29 is 23.0 Å². The van der Waals surface area contributed by atoms with Crippen molar-refractivity contribution >= 4 is 10.9 Å². The van der Waals surface area contributed by atoms with Crippen LogP contribution in [0.4, 0.5) is 13.2 Å². The number of benzene rings is 1. The van der Waals surface area contributed by atoms with Crippen molar-refractivity contribution in [1.82, 2.24) is 9.55 Å². The summed E-state index contributed by atoms with van der Waals surface area (Å²) in [5, 5.41) is 9.56. The molecule has 114 valence electrons. The molecule has 1 aromatic carbocycles. The molecule has 1 heterocycles. The number of alkyl halides is 3. The smallest absolute Gasteiger partial charge is 0.406 e. The summed E-state index contributed by atoms with van der Waals surface area (Å²) in [6.07, 6.45) is -3.85. The maximum atomic E-state index is 12.2. The molecule has 0 spiro atoms. The quantitative estimate of drug-likeness (QED) is 0.939. The number of aromatic nitrogens is 2. The minimum atomic E-state index is -4.83. The fourth-order valence-corrected chi connectivity index (χ4v) is 1.82. The zero-order chi connectivity index (χ0) is 15.6. The average molecular weight is 302 g/mol. The highest BCUT2D eigenvalue weighted by atomic mass is 19.4. The SMILES string of the molecule is CCC(O)Cn1cnc2ccc(OC(F)(F)F)cc2c1=O. The molecular weight excluding hydrogens is 289 g/mol. The lowest BCUT2D eigenvalue weighted by molar-refractivity contribution is -0.274. The Labute approximate surface area is 117 Å². The summed E-state index contributed by atoms with van der Waals surface area (Å²) in [5.74, 6) is -0.484. The molecule has 0 saturated heterocycles. The van der Waals surface area contributed by atoms with Gasteiger partial charge in [-0.05, 0) is 24.6 Å². The van der Waals surface area contributed by atoms with E-state index in [1.807, 2.05) is 0 Å². The Hall–Kier alpha value is -2.09. The largest absolute Gasteiger partial charge is 0.573 e. The molecule has 1 unspecified atom stereocenters. The lowest BCUT2D eigenvalue weighted by Gasteiger charge is -2.12. The standard InChI is InChI=1S/C13H13F3N2O3/c1-2-8(19)6-18-7-17-11-4-3-9(21-13(14,15)16)5-10(11)12(18)20/h3-5,7-8,19H,2,6H2,1H3. The number of hydrogen-bond acceptors (Lipinski definition) is 4. The Morgan fingerprint density at radius 2 is 2.14 bits per heavy atom. The van der Waals surface area contributed by atoms with Crippen LogP contribution in [0.25, 0.3) is 10.9 Å². The Bertz CT molecular complexity index is 697. The zero-order valence-corrected chi connectivity index (χ0v) is 11.1. The van der Waals surface area contributed by atoms with E-state index in [2.05, 4.69) is 9.72 Å². The van der Waals surface area contributed by atoms with Gasteiger partial charge < -0.3 is 9.84 Å². The number of aliphatic hydroxyl groups is 1. The van der Waals surface area contributed by atoms with Gasteiger partial charge in [-0.1, -0.05) is 6.92 Å². The maximum Gasteiger partial charge on any atom is 0.573 e. The van der Waals surface area contributed by atoms with E-state index in [0.717, 1.165) is 16.7 Å². The Kier molecular flexibility index (Phi) is 4.17. The van der Waals surface area contributed by atoms with Crippen LogP contribution in [0.1, 0.15) is 13.3 Å². The first-order valence-electron chi connectivity index (χ1n) is 6.23. The molecule has 2 rings (SSSR count). The van der Waals surface area contributed by atoms with Crippen LogP contribution in [0, 0.1) is 0 Å². The van der Waals surface area contributed by atoms with E-state index in [1.165, 1.54) is 12.4 Å². The second-order valence-electron chi connectivity index (χ2n) is 4.49. The molecule has 21 heavy (non-hydrogen) atoms. The summed E-state index contributed by atoms with van der Waals surface area (Å²) in [5.41, 5.74) is -0.267. The highest BCUT2D eigenvalue weighted by Gasteiger charge is 2.31. The third-order valence-electron chi connectivity index (χ3n) is 2.91. The fraction of sp³-hybridized carbons (Fsp3) is 0.385. The van der Waals surface area contributed by atoms with Crippen molar-refractivity contribution in [3.8, 4) is 5.75 Å². The van der Waals surface area contributed by atoms with Crippen LogP contribution >= 0.6 is 0 Å². The van der Waals surface area contributed by atoms with Crippen molar-refractivity contribution in [2.75, 3.05) is 0 Å². The number of fused-ring (bicyclic) bond motifs is 1. The Morgan fingerprint density at radius 3 is 2.76 bits per heavy atom. The van der Waals surface area contributed by atoms with Crippen LogP contribution in [-0.4, -0.2) is 27.1 Å². The molecule has 0 bridgehead atoms. The number of aliphatic hydroxyl groups excluding tert-OH is 1. The second-order valence-corrected chi connectivity index (χ2v) is 4.49. The fourth-order valence-electron chi connectivity index (χ4n) is 1.82. The molecule has 0 fully saturated rings. The van der Waals surface area contributed by atoms with E-state index >= 15 is 0 Å². The van der Waals surface area contributed by atoms with Gasteiger partial charge in [0.1, 0.15) is 5.75 Å². The molecular formula is C13H13F3N2O3. The zero-order valence-electron chi connectivity index (χ0n) is 11.1. The molecule has 0 aliphatic carbocycles. The second kappa shape index (κ2) is 5.72. The number of ether oxygens (including phenoxy) is 1. The van der Waals surface area contributed by atoms with Crippen LogP contribution < -0.4 is 10.3 Å². The lowest BCUT2D eigenvalue weighted by atomic mass is 10.2. The van der Waals surface area contributed by atoms with Gasteiger partial charge in [-0.2, -0.15) is 0 Å². The average Bonchev–Trinajstić information content (AvgIpc) is 2.40. The summed E-state index contributed by atoms with van der Waals surface area (Å²) in [6.45, 7) is 1.78. The molecule has 0 radical (unpaired) electrons. The van der Waals surface area contributed by atoms with Gasteiger partial charge in [-0.3, -0.25) is 9.36 Å². The summed E-state index contributed by atoms with van der Waals surface area (Å²) < 4.78 is 41.5. The highest BCUT2D eigenvalue weighted by Crippen LogP contribution is 2.24. The number of halogens is 3. The van der Waals surface area contributed by atoms with Crippen LogP contribution in [-0.2, 0) is 6.54 Å². The van der Waals surface area contributed by atoms with Gasteiger partial charge in [0, 0.05) is 0 Å². The van der Waals surface area contributed by atoms with Gasteiger partial charge in [-0.15, -0.1) is 13.2 Å². The van der Waals surface area contributed by atoms with E-state index in [4.69, 9.17) is 0 Å². The third kappa shape index (κ3) is 3.72. The van der Waals surface area contributed by atoms with Gasteiger partial charge in [-0.25, -0.2) is 4.98 Å². The van der Waals surface area contributed by atoms with Gasteiger partial charge in [0.2, 0.25) is 0 Å². The predicted molar refractivity (Wildman–Crippen MR) is 69.0 cm³/mol. The molecule has 0 aliphatic heterocycles. The third-order valence-corrected chi connectivity index (χ3v) is 2.91. The first kappa shape index (κ1) is 15.3. The van der Waals surface area contributed by atoms with Gasteiger partial charge in [0.05, 0.1) is 29.9 Å². The Morgan fingerprint density at radius 1 is 1.43 bits per heavy atom. The van der Waals surface area contributed by atoms with Crippen LogP contribution in [0.3, 0.4) is 0 Å². The minimum absolute atomic E-state index is 0.00236. The summed E-state index contributed by atoms with van der Waals surface area (Å²) >= 11 is 0. The molecule has 5 nitrogen and oxygen atoms in total. The molecule has 1 N–H and O–H groups in total. The van der Waals surface area contributed by atoms with Gasteiger partial charge >= 0.3 is 6.36 Å². The van der Waals surface area contributed by atoms with Crippen molar-refractivity contribution in [3.63, 3.8) is 0 Å². The highest BCUT2D eigenvalue weighted by molar-refractivity contribution is 5.78. The van der Waals surface area contributed by atoms with E-state index in [-0.39, 0.29) is 17.4 Å². The molecule has 2 aromatic rings. The van der Waals surface area contributed by atoms with Crippen molar-refractivity contribution in [3.05, 3.63) is 34.9 Å². The van der Waals surface area contributed by atoms with E-state index in [0.29, 0.717) is 6.42 Å². The summed E-state index contributed by atoms with van der Waals surface area (Å²) in [7, 11) is 0. The first-order chi connectivity index (χ1) is 9.80. The number of hydrogen-bond donors (Lipinski definition) is 1. The van der Waals surface area contributed by atoms with E-state index in [1.54, 1.807) is 6.92 Å². The van der Waals surface area contributed by atoms with Crippen molar-refractivity contribution in [1.29, 1.82) is 0 Å². The molecule has 0 amide bonds. The van der Waals surface area contributed by atoms with E-state index in [9.17, 15) is 23.1 Å². The topological polar surface area (TPSA) is 64.3 Å². The monoisotopic (exact) mass is 302 g/mol. The van der Waals surface area contributed by atoms with Gasteiger partial charge in [0.25, 0.3) is 5.56 Å². The predicted octanol–water partition coefficient (Wildman–Crippen LogP) is 2.07. The maximum absolute atomic E-state index is 12.2. The van der Waals surface area contributed by atoms with E-state index < -0.39 is 23.8 Å². The number of nitrogens with zero attached hydrogens (tertiary/aromatic N) is 2. The first-order valence-corrected chi connectivity index (χ1v) is 6.23. The minimum Gasteiger partial charge on any atom is -0.406 e. The molecule has 0 saturated carbocycles. The van der Waals surface area contributed by atoms with Crippen molar-refractivity contribution in [2.45, 2.75) is 32.4 Å². The van der Waals surface area contributed by atoms with Crippen LogP contribution in [0.5, 0.6) is 5.75 Å². The Balaban J connectivity index is 2.44. The van der Waals surface area contributed by atoms with Crippen LogP contribution in [0.2, 0.25) is 0 Å². The summed E-state index contributed by atoms with van der Waals surface area (Å²) in [4.78, 5) is 16.2. The molecule has 1 aromatic heterocycles. The molecule has 8 heteroatoms. The molecule has 0 aliphatic rings.